The molecule has 130 valence electrons. The van der Waals surface area contributed by atoms with Gasteiger partial charge in [0.2, 0.25) is 5.91 Å². The Labute approximate surface area is 147 Å². The van der Waals surface area contributed by atoms with E-state index in [1.165, 1.54) is 11.1 Å². The van der Waals surface area contributed by atoms with Crippen LogP contribution in [0.1, 0.15) is 29.7 Å². The zero-order valence-electron chi connectivity index (χ0n) is 14.2. The average Bonchev–Trinajstić information content (AvgIpc) is 2.66. The van der Waals surface area contributed by atoms with Gasteiger partial charge in [-0.3, -0.25) is 9.78 Å². The van der Waals surface area contributed by atoms with Gasteiger partial charge in [-0.15, -0.1) is 0 Å². The Morgan fingerprint density at radius 3 is 2.64 bits per heavy atom. The zero-order valence-corrected chi connectivity index (χ0v) is 14.2. The number of benzene rings is 1. The van der Waals surface area contributed by atoms with E-state index in [2.05, 4.69) is 21.7 Å². The van der Waals surface area contributed by atoms with Gasteiger partial charge >= 0.3 is 6.03 Å². The summed E-state index contributed by atoms with van der Waals surface area (Å²) >= 11 is 0. The molecule has 0 radical (unpaired) electrons. The second kappa shape index (κ2) is 7.79. The highest BCUT2D eigenvalue weighted by Crippen LogP contribution is 2.18. The van der Waals surface area contributed by atoms with Crippen LogP contribution < -0.4 is 10.6 Å². The average molecular weight is 338 g/mol. The van der Waals surface area contributed by atoms with Gasteiger partial charge in [-0.2, -0.15) is 0 Å². The fourth-order valence-corrected chi connectivity index (χ4v) is 2.96. The van der Waals surface area contributed by atoms with E-state index in [1.54, 1.807) is 17.3 Å². The summed E-state index contributed by atoms with van der Waals surface area (Å²) in [6.45, 7) is 3.17. The molecule has 1 aliphatic heterocycles. The Hall–Kier alpha value is -2.89. The van der Waals surface area contributed by atoms with E-state index >= 15 is 0 Å². The molecule has 1 aromatic carbocycles. The maximum Gasteiger partial charge on any atom is 0.315 e. The van der Waals surface area contributed by atoms with E-state index in [-0.39, 0.29) is 24.5 Å². The molecule has 25 heavy (non-hydrogen) atoms. The van der Waals surface area contributed by atoms with Crippen molar-refractivity contribution < 1.29 is 9.59 Å². The molecule has 6 heteroatoms. The molecule has 6 nitrogen and oxygen atoms in total. The highest BCUT2D eigenvalue weighted by Gasteiger charge is 2.20. The van der Waals surface area contributed by atoms with Gasteiger partial charge in [0.15, 0.2) is 0 Å². The minimum atomic E-state index is -0.352. The van der Waals surface area contributed by atoms with Gasteiger partial charge in [-0.1, -0.05) is 24.3 Å². The summed E-state index contributed by atoms with van der Waals surface area (Å²) in [6.07, 6.45) is 4.22. The summed E-state index contributed by atoms with van der Waals surface area (Å²) in [4.78, 5) is 30.1. The van der Waals surface area contributed by atoms with Crippen LogP contribution in [0.3, 0.4) is 0 Å². The van der Waals surface area contributed by atoms with Crippen LogP contribution in [-0.2, 0) is 17.8 Å². The molecule has 0 aliphatic carbocycles. The normalized spacial score (nSPS) is 14.4. The number of urea groups is 1. The standard InChI is InChI=1S/C19H22N4O2/c1-14(15-6-9-20-10-7-15)22-19(25)21-12-18(24)23-11-8-16-4-2-3-5-17(16)13-23/h2-7,9-10,14H,8,11-13H2,1H3,(H2,21,22,25)/t14-/m1/s1. The Balaban J connectivity index is 1.47. The lowest BCUT2D eigenvalue weighted by atomic mass is 10.00. The number of hydrogen-bond acceptors (Lipinski definition) is 3. The number of nitrogens with zero attached hydrogens (tertiary/aromatic N) is 2. The third-order valence-corrected chi connectivity index (χ3v) is 4.44. The van der Waals surface area contributed by atoms with E-state index in [0.717, 1.165) is 12.0 Å². The van der Waals surface area contributed by atoms with Crippen LogP contribution in [0.2, 0.25) is 0 Å². The summed E-state index contributed by atoms with van der Waals surface area (Å²) < 4.78 is 0. The van der Waals surface area contributed by atoms with Crippen LogP contribution in [0, 0.1) is 0 Å². The molecule has 0 bridgehead atoms. The molecule has 0 saturated heterocycles. The Morgan fingerprint density at radius 2 is 1.88 bits per heavy atom. The molecule has 0 unspecified atom stereocenters. The van der Waals surface area contributed by atoms with Crippen LogP contribution in [0.15, 0.2) is 48.8 Å². The number of rotatable bonds is 4. The first kappa shape index (κ1) is 17.0. The van der Waals surface area contributed by atoms with Gasteiger partial charge in [0, 0.05) is 25.5 Å². The van der Waals surface area contributed by atoms with Crippen molar-refractivity contribution in [1.29, 1.82) is 0 Å². The van der Waals surface area contributed by atoms with Crippen molar-refractivity contribution in [2.24, 2.45) is 0 Å². The highest BCUT2D eigenvalue weighted by atomic mass is 16.2. The number of carbonyl (C=O) groups excluding carboxylic acids is 2. The SMILES string of the molecule is C[C@@H](NC(=O)NCC(=O)N1CCc2ccccc2C1)c1ccncc1. The number of nitrogens with one attached hydrogen (secondary N) is 2. The quantitative estimate of drug-likeness (QED) is 0.896. The van der Waals surface area contributed by atoms with Gasteiger partial charge in [0.05, 0.1) is 12.6 Å². The molecule has 1 aromatic heterocycles. The topological polar surface area (TPSA) is 74.3 Å². The van der Waals surface area contributed by atoms with Crippen molar-refractivity contribution >= 4 is 11.9 Å². The van der Waals surface area contributed by atoms with Gasteiger partial charge in [0.1, 0.15) is 0 Å². The van der Waals surface area contributed by atoms with E-state index in [9.17, 15) is 9.59 Å². The molecule has 3 rings (SSSR count). The van der Waals surface area contributed by atoms with Crippen molar-refractivity contribution in [1.82, 2.24) is 20.5 Å². The highest BCUT2D eigenvalue weighted by molar-refractivity contribution is 5.84. The van der Waals surface area contributed by atoms with Crippen molar-refractivity contribution in [3.05, 3.63) is 65.5 Å². The number of pyridine rings is 1. The van der Waals surface area contributed by atoms with Gasteiger partial charge in [-0.05, 0) is 42.2 Å². The molecule has 3 amide bonds. The van der Waals surface area contributed by atoms with Crippen molar-refractivity contribution in [2.45, 2.75) is 25.9 Å². The van der Waals surface area contributed by atoms with Crippen LogP contribution in [0.25, 0.3) is 0 Å². The van der Waals surface area contributed by atoms with Gasteiger partial charge < -0.3 is 15.5 Å². The monoisotopic (exact) mass is 338 g/mol. The maximum absolute atomic E-state index is 12.3. The van der Waals surface area contributed by atoms with Crippen LogP contribution >= 0.6 is 0 Å². The third kappa shape index (κ3) is 4.35. The van der Waals surface area contributed by atoms with E-state index in [4.69, 9.17) is 0 Å². The molecular formula is C19H22N4O2. The summed E-state index contributed by atoms with van der Waals surface area (Å²) in [7, 11) is 0. The fraction of sp³-hybridized carbons (Fsp3) is 0.316. The smallest absolute Gasteiger partial charge is 0.315 e. The lowest BCUT2D eigenvalue weighted by Crippen LogP contribution is -2.45. The summed E-state index contributed by atoms with van der Waals surface area (Å²) in [5, 5.41) is 5.47. The second-order valence-corrected chi connectivity index (χ2v) is 6.16. The van der Waals surface area contributed by atoms with E-state index in [1.807, 2.05) is 37.3 Å². The predicted octanol–water partition coefficient (Wildman–Crippen LogP) is 2.03. The van der Waals surface area contributed by atoms with Crippen molar-refractivity contribution in [3.63, 3.8) is 0 Å². The number of carbonyl (C=O) groups is 2. The first-order valence-corrected chi connectivity index (χ1v) is 8.42. The maximum atomic E-state index is 12.3. The molecule has 1 atom stereocenters. The van der Waals surface area contributed by atoms with Crippen LogP contribution in [0.5, 0.6) is 0 Å². The summed E-state index contributed by atoms with van der Waals surface area (Å²) in [6, 6.07) is 11.3. The number of hydrogen-bond donors (Lipinski definition) is 2. The lowest BCUT2D eigenvalue weighted by Gasteiger charge is -2.29. The Morgan fingerprint density at radius 1 is 1.16 bits per heavy atom. The zero-order chi connectivity index (χ0) is 17.6. The van der Waals surface area contributed by atoms with Crippen molar-refractivity contribution in [2.75, 3.05) is 13.1 Å². The first-order valence-electron chi connectivity index (χ1n) is 8.42. The van der Waals surface area contributed by atoms with Gasteiger partial charge in [-0.25, -0.2) is 4.79 Å². The second-order valence-electron chi connectivity index (χ2n) is 6.16. The van der Waals surface area contributed by atoms with Gasteiger partial charge in [0.25, 0.3) is 0 Å². The number of fused-ring (bicyclic) bond motifs is 1. The van der Waals surface area contributed by atoms with Crippen molar-refractivity contribution in [3.8, 4) is 0 Å². The van der Waals surface area contributed by atoms with E-state index < -0.39 is 0 Å². The molecule has 0 spiro atoms. The molecule has 2 N–H and O–H groups in total. The minimum absolute atomic E-state index is 0.00291. The summed E-state index contributed by atoms with van der Waals surface area (Å²) in [5.74, 6) is -0.0683. The molecule has 2 aromatic rings. The van der Waals surface area contributed by atoms with Crippen LogP contribution in [-0.4, -0.2) is 34.9 Å². The minimum Gasteiger partial charge on any atom is -0.336 e. The Kier molecular flexibility index (Phi) is 5.28. The van der Waals surface area contributed by atoms with Crippen LogP contribution in [0.4, 0.5) is 4.79 Å². The largest absolute Gasteiger partial charge is 0.336 e. The first-order chi connectivity index (χ1) is 12.1. The lowest BCUT2D eigenvalue weighted by molar-refractivity contribution is -0.131. The molecule has 0 saturated carbocycles. The van der Waals surface area contributed by atoms with E-state index in [0.29, 0.717) is 13.1 Å². The molecule has 2 heterocycles. The molecular weight excluding hydrogens is 316 g/mol. The number of amides is 3. The molecule has 0 fully saturated rings. The Bertz CT molecular complexity index is 748. The summed E-state index contributed by atoms with van der Waals surface area (Å²) in [5.41, 5.74) is 3.44. The predicted molar refractivity (Wildman–Crippen MR) is 94.7 cm³/mol. The molecule has 1 aliphatic rings. The third-order valence-electron chi connectivity index (χ3n) is 4.44. The number of aromatic nitrogens is 1. The fourth-order valence-electron chi connectivity index (χ4n) is 2.96.